The molecule has 0 saturated carbocycles. The van der Waals surface area contributed by atoms with Crippen LogP contribution in [0, 0.1) is 5.92 Å². The summed E-state index contributed by atoms with van der Waals surface area (Å²) in [6, 6.07) is 3.80. The molecule has 0 spiro atoms. The first kappa shape index (κ1) is 12.4. The van der Waals surface area contributed by atoms with Gasteiger partial charge in [0, 0.05) is 25.2 Å². The van der Waals surface area contributed by atoms with Crippen molar-refractivity contribution >= 4 is 22.9 Å². The van der Waals surface area contributed by atoms with E-state index >= 15 is 0 Å². The van der Waals surface area contributed by atoms with Crippen LogP contribution in [0.3, 0.4) is 0 Å². The van der Waals surface area contributed by atoms with Crippen molar-refractivity contribution in [1.29, 1.82) is 0 Å². The Bertz CT molecular complexity index is 564. The van der Waals surface area contributed by atoms with Gasteiger partial charge in [-0.2, -0.15) is 16.4 Å². The molecule has 0 bridgehead atoms. The molecule has 0 unspecified atom stereocenters. The van der Waals surface area contributed by atoms with Gasteiger partial charge in [0.25, 0.3) is 0 Å². The fourth-order valence-corrected chi connectivity index (χ4v) is 2.97. The van der Waals surface area contributed by atoms with Crippen molar-refractivity contribution in [3.8, 4) is 0 Å². The number of nitrogens with one attached hydrogen (secondary N) is 1. The molecule has 1 aliphatic rings. The standard InChI is InChI=1S/C13H15N3O2S/c1-16-11(2-5-14-16)12-10(3-6-18-12)13(17)15-9-4-7-19-8-9/h2,4-5,7-8,10,12H,3,6H2,1H3,(H,15,17)/t10-,12-/m1/s1. The summed E-state index contributed by atoms with van der Waals surface area (Å²) in [5.41, 5.74) is 1.80. The number of thiophene rings is 1. The molecule has 3 rings (SSSR count). The maximum atomic E-state index is 12.3. The second kappa shape index (κ2) is 5.14. The monoisotopic (exact) mass is 277 g/mol. The van der Waals surface area contributed by atoms with Gasteiger partial charge in [-0.1, -0.05) is 0 Å². The summed E-state index contributed by atoms with van der Waals surface area (Å²) in [5, 5.41) is 10.9. The Kier molecular flexibility index (Phi) is 3.35. The molecular weight excluding hydrogens is 262 g/mol. The second-order valence-electron chi connectivity index (χ2n) is 4.57. The number of hydrogen-bond acceptors (Lipinski definition) is 4. The van der Waals surface area contributed by atoms with Gasteiger partial charge in [-0.05, 0) is 23.9 Å². The topological polar surface area (TPSA) is 56.2 Å². The van der Waals surface area contributed by atoms with E-state index in [-0.39, 0.29) is 17.9 Å². The lowest BCUT2D eigenvalue weighted by molar-refractivity contribution is -0.121. The van der Waals surface area contributed by atoms with Crippen LogP contribution in [0.2, 0.25) is 0 Å². The number of aromatic nitrogens is 2. The molecule has 0 aliphatic carbocycles. The Hall–Kier alpha value is -1.66. The number of anilines is 1. The molecule has 0 aromatic carbocycles. The van der Waals surface area contributed by atoms with Gasteiger partial charge < -0.3 is 10.1 Å². The molecule has 3 heterocycles. The smallest absolute Gasteiger partial charge is 0.230 e. The highest BCUT2D eigenvalue weighted by Gasteiger charge is 2.36. The number of nitrogens with zero attached hydrogens (tertiary/aromatic N) is 2. The first-order valence-electron chi connectivity index (χ1n) is 6.18. The predicted octanol–water partition coefficient (Wildman–Crippen LogP) is 2.20. The minimum Gasteiger partial charge on any atom is -0.371 e. The van der Waals surface area contributed by atoms with E-state index in [2.05, 4.69) is 10.4 Å². The molecular formula is C13H15N3O2S. The van der Waals surface area contributed by atoms with E-state index in [0.717, 1.165) is 17.8 Å². The number of ether oxygens (including phenoxy) is 1. The highest BCUT2D eigenvalue weighted by atomic mass is 32.1. The van der Waals surface area contributed by atoms with Crippen LogP contribution >= 0.6 is 11.3 Å². The fraction of sp³-hybridized carbons (Fsp3) is 0.385. The molecule has 5 nitrogen and oxygen atoms in total. The molecule has 2 aromatic rings. The first-order chi connectivity index (χ1) is 9.25. The lowest BCUT2D eigenvalue weighted by atomic mass is 9.98. The molecule has 1 amide bonds. The molecule has 1 fully saturated rings. The summed E-state index contributed by atoms with van der Waals surface area (Å²) in [4.78, 5) is 12.3. The Morgan fingerprint density at radius 3 is 3.16 bits per heavy atom. The zero-order valence-corrected chi connectivity index (χ0v) is 11.4. The van der Waals surface area contributed by atoms with Crippen molar-refractivity contribution in [3.63, 3.8) is 0 Å². The van der Waals surface area contributed by atoms with Gasteiger partial charge in [0.1, 0.15) is 6.10 Å². The molecule has 100 valence electrons. The molecule has 1 saturated heterocycles. The van der Waals surface area contributed by atoms with Crippen LogP contribution in [0.25, 0.3) is 0 Å². The van der Waals surface area contributed by atoms with E-state index in [1.54, 1.807) is 22.2 Å². The third kappa shape index (κ3) is 2.41. The van der Waals surface area contributed by atoms with Gasteiger partial charge in [0.2, 0.25) is 5.91 Å². The molecule has 1 aliphatic heterocycles. The zero-order chi connectivity index (χ0) is 13.2. The maximum Gasteiger partial charge on any atom is 0.230 e. The summed E-state index contributed by atoms with van der Waals surface area (Å²) in [6.07, 6.45) is 2.27. The molecule has 2 aromatic heterocycles. The maximum absolute atomic E-state index is 12.3. The average molecular weight is 277 g/mol. The van der Waals surface area contributed by atoms with Gasteiger partial charge in [-0.15, -0.1) is 0 Å². The van der Waals surface area contributed by atoms with Gasteiger partial charge in [-0.3, -0.25) is 9.48 Å². The Morgan fingerprint density at radius 2 is 2.47 bits per heavy atom. The number of hydrogen-bond donors (Lipinski definition) is 1. The number of aryl methyl sites for hydroxylation is 1. The summed E-state index contributed by atoms with van der Waals surface area (Å²) >= 11 is 1.57. The Morgan fingerprint density at radius 1 is 1.58 bits per heavy atom. The van der Waals surface area contributed by atoms with Crippen molar-refractivity contribution < 1.29 is 9.53 Å². The molecule has 0 radical (unpaired) electrons. The number of carbonyl (C=O) groups excluding carboxylic acids is 1. The second-order valence-corrected chi connectivity index (χ2v) is 5.35. The van der Waals surface area contributed by atoms with Crippen molar-refractivity contribution in [2.75, 3.05) is 11.9 Å². The summed E-state index contributed by atoms with van der Waals surface area (Å²) < 4.78 is 7.48. The average Bonchev–Trinajstić information content (AvgIpc) is 3.07. The normalized spacial score (nSPS) is 22.6. The van der Waals surface area contributed by atoms with Crippen LogP contribution in [0.15, 0.2) is 29.1 Å². The number of amides is 1. The van der Waals surface area contributed by atoms with E-state index < -0.39 is 0 Å². The molecule has 1 N–H and O–H groups in total. The predicted molar refractivity (Wildman–Crippen MR) is 73.0 cm³/mol. The number of rotatable bonds is 3. The van der Waals surface area contributed by atoms with Crippen LogP contribution in [0.4, 0.5) is 5.69 Å². The SMILES string of the molecule is Cn1nccc1[C@@H]1OCC[C@H]1C(=O)Nc1ccsc1. The van der Waals surface area contributed by atoms with Gasteiger partial charge in [-0.25, -0.2) is 0 Å². The van der Waals surface area contributed by atoms with E-state index in [1.165, 1.54) is 0 Å². The van der Waals surface area contributed by atoms with Crippen LogP contribution in [0.1, 0.15) is 18.2 Å². The summed E-state index contributed by atoms with van der Waals surface area (Å²) in [6.45, 7) is 0.609. The third-order valence-corrected chi connectivity index (χ3v) is 4.05. The largest absolute Gasteiger partial charge is 0.371 e. The molecule has 19 heavy (non-hydrogen) atoms. The molecule has 2 atom stereocenters. The lowest BCUT2D eigenvalue weighted by Gasteiger charge is -2.18. The minimum absolute atomic E-state index is 0.0158. The fourth-order valence-electron chi connectivity index (χ4n) is 2.38. The first-order valence-corrected chi connectivity index (χ1v) is 7.12. The van der Waals surface area contributed by atoms with E-state index in [9.17, 15) is 4.79 Å². The van der Waals surface area contributed by atoms with Crippen LogP contribution in [-0.2, 0) is 16.6 Å². The van der Waals surface area contributed by atoms with Crippen LogP contribution < -0.4 is 5.32 Å². The van der Waals surface area contributed by atoms with Crippen LogP contribution in [0.5, 0.6) is 0 Å². The van der Waals surface area contributed by atoms with Gasteiger partial charge >= 0.3 is 0 Å². The van der Waals surface area contributed by atoms with Crippen LogP contribution in [-0.4, -0.2) is 22.3 Å². The van der Waals surface area contributed by atoms with Gasteiger partial charge in [0.05, 0.1) is 17.3 Å². The van der Waals surface area contributed by atoms with Crippen molar-refractivity contribution in [2.24, 2.45) is 13.0 Å². The summed E-state index contributed by atoms with van der Waals surface area (Å²) in [5.74, 6) is -0.141. The molecule has 6 heteroatoms. The highest BCUT2D eigenvalue weighted by Crippen LogP contribution is 2.35. The minimum atomic E-state index is -0.203. The Balaban J connectivity index is 1.76. The summed E-state index contributed by atoms with van der Waals surface area (Å²) in [7, 11) is 1.87. The van der Waals surface area contributed by atoms with Crippen molar-refractivity contribution in [2.45, 2.75) is 12.5 Å². The number of carbonyl (C=O) groups is 1. The van der Waals surface area contributed by atoms with Gasteiger partial charge in [0.15, 0.2) is 0 Å². The Labute approximate surface area is 115 Å². The highest BCUT2D eigenvalue weighted by molar-refractivity contribution is 7.08. The van der Waals surface area contributed by atoms with E-state index in [0.29, 0.717) is 6.61 Å². The van der Waals surface area contributed by atoms with Crippen molar-refractivity contribution in [1.82, 2.24) is 9.78 Å². The van der Waals surface area contributed by atoms with E-state index in [4.69, 9.17) is 4.74 Å². The quantitative estimate of drug-likeness (QED) is 0.935. The third-order valence-electron chi connectivity index (χ3n) is 3.37. The van der Waals surface area contributed by atoms with E-state index in [1.807, 2.05) is 29.9 Å². The zero-order valence-electron chi connectivity index (χ0n) is 10.6. The van der Waals surface area contributed by atoms with Crippen molar-refractivity contribution in [3.05, 3.63) is 34.8 Å². The lowest BCUT2D eigenvalue weighted by Crippen LogP contribution is -2.26.